The molecule has 1 fully saturated rings. The van der Waals surface area contributed by atoms with Gasteiger partial charge in [-0.05, 0) is 37.5 Å². The predicted molar refractivity (Wildman–Crippen MR) is 92.3 cm³/mol. The number of aromatic nitrogens is 1. The van der Waals surface area contributed by atoms with Crippen molar-refractivity contribution in [1.29, 1.82) is 0 Å². The quantitative estimate of drug-likeness (QED) is 0.858. The molecule has 1 aromatic heterocycles. The third kappa shape index (κ3) is 3.72. The number of amides is 1. The highest BCUT2D eigenvalue weighted by atomic mass is 32.1. The van der Waals surface area contributed by atoms with Crippen molar-refractivity contribution in [3.05, 3.63) is 45.9 Å². The molecular weight excluding hydrogens is 308 g/mol. The van der Waals surface area contributed by atoms with Gasteiger partial charge < -0.3 is 9.64 Å². The topological polar surface area (TPSA) is 42.4 Å². The summed E-state index contributed by atoms with van der Waals surface area (Å²) >= 11 is 1.53. The van der Waals surface area contributed by atoms with E-state index >= 15 is 0 Å². The number of hydrogen-bond acceptors (Lipinski definition) is 4. The van der Waals surface area contributed by atoms with Crippen LogP contribution in [0.15, 0.2) is 29.6 Å². The van der Waals surface area contributed by atoms with Crippen LogP contribution in [-0.4, -0.2) is 36.0 Å². The molecule has 4 nitrogen and oxygen atoms in total. The molecule has 0 spiro atoms. The van der Waals surface area contributed by atoms with Crippen LogP contribution in [0.2, 0.25) is 0 Å². The lowest BCUT2D eigenvalue weighted by molar-refractivity contribution is 0.0749. The van der Waals surface area contributed by atoms with E-state index < -0.39 is 0 Å². The summed E-state index contributed by atoms with van der Waals surface area (Å²) < 4.78 is 5.23. The molecule has 122 valence electrons. The molecule has 0 bridgehead atoms. The molecule has 23 heavy (non-hydrogen) atoms. The fourth-order valence-electron chi connectivity index (χ4n) is 3.10. The Labute approximate surface area is 141 Å². The number of ether oxygens (including phenoxy) is 1. The van der Waals surface area contributed by atoms with Gasteiger partial charge in [0.2, 0.25) is 0 Å². The first-order valence-electron chi connectivity index (χ1n) is 8.02. The van der Waals surface area contributed by atoms with E-state index in [0.29, 0.717) is 11.6 Å². The average molecular weight is 330 g/mol. The number of hydrogen-bond donors (Lipinski definition) is 0. The molecule has 0 aliphatic carbocycles. The van der Waals surface area contributed by atoms with E-state index in [2.05, 4.69) is 17.1 Å². The normalized spacial score (nSPS) is 18.5. The van der Waals surface area contributed by atoms with Gasteiger partial charge in [-0.2, -0.15) is 0 Å². The number of likely N-dealkylation sites (tertiary alicyclic amines) is 1. The SMILES string of the molecule is COc1ccc([C@@H]2CCCCN(C(=O)c3csc(C)n3)C2)cc1. The van der Waals surface area contributed by atoms with Gasteiger partial charge in [0.25, 0.3) is 5.91 Å². The molecule has 0 radical (unpaired) electrons. The highest BCUT2D eigenvalue weighted by Gasteiger charge is 2.25. The lowest BCUT2D eigenvalue weighted by Crippen LogP contribution is -2.34. The summed E-state index contributed by atoms with van der Waals surface area (Å²) in [5.74, 6) is 1.31. The molecule has 5 heteroatoms. The summed E-state index contributed by atoms with van der Waals surface area (Å²) in [6, 6.07) is 8.22. The second-order valence-corrected chi connectivity index (χ2v) is 7.03. The van der Waals surface area contributed by atoms with Crippen molar-refractivity contribution in [1.82, 2.24) is 9.88 Å². The van der Waals surface area contributed by atoms with Crippen molar-refractivity contribution >= 4 is 17.2 Å². The smallest absolute Gasteiger partial charge is 0.273 e. The molecule has 0 unspecified atom stereocenters. The summed E-state index contributed by atoms with van der Waals surface area (Å²) in [7, 11) is 1.68. The lowest BCUT2D eigenvalue weighted by Gasteiger charge is -2.24. The summed E-state index contributed by atoms with van der Waals surface area (Å²) in [5.41, 5.74) is 1.86. The molecule has 2 aromatic rings. The Bertz CT molecular complexity index is 666. The molecule has 1 aliphatic heterocycles. The molecule has 1 aliphatic rings. The van der Waals surface area contributed by atoms with E-state index in [-0.39, 0.29) is 5.91 Å². The van der Waals surface area contributed by atoms with Gasteiger partial charge in [0.1, 0.15) is 11.4 Å². The van der Waals surface area contributed by atoms with E-state index in [4.69, 9.17) is 4.74 Å². The molecular formula is C18H22N2O2S. The molecule has 0 saturated carbocycles. The summed E-state index contributed by atoms with van der Waals surface area (Å²) in [6.07, 6.45) is 3.32. The van der Waals surface area contributed by atoms with Gasteiger partial charge in [0, 0.05) is 24.4 Å². The number of carbonyl (C=O) groups excluding carboxylic acids is 1. The number of nitrogens with zero attached hydrogens (tertiary/aromatic N) is 2. The van der Waals surface area contributed by atoms with Crippen LogP contribution in [0.4, 0.5) is 0 Å². The zero-order chi connectivity index (χ0) is 16.2. The number of rotatable bonds is 3. The Hall–Kier alpha value is -1.88. The molecule has 2 heterocycles. The number of benzene rings is 1. The van der Waals surface area contributed by atoms with Crippen molar-refractivity contribution in [3.63, 3.8) is 0 Å². The molecule has 1 amide bonds. The first kappa shape index (κ1) is 16.0. The second kappa shape index (κ2) is 7.13. The van der Waals surface area contributed by atoms with Gasteiger partial charge in [-0.1, -0.05) is 18.6 Å². The monoisotopic (exact) mass is 330 g/mol. The molecule has 0 N–H and O–H groups in total. The molecule has 1 aromatic carbocycles. The van der Waals surface area contributed by atoms with Crippen molar-refractivity contribution in [2.75, 3.05) is 20.2 Å². The van der Waals surface area contributed by atoms with Crippen LogP contribution in [-0.2, 0) is 0 Å². The van der Waals surface area contributed by atoms with Crippen molar-refractivity contribution in [3.8, 4) is 5.75 Å². The van der Waals surface area contributed by atoms with Crippen LogP contribution in [0.5, 0.6) is 5.75 Å². The molecule has 1 saturated heterocycles. The van der Waals surface area contributed by atoms with E-state index in [1.807, 2.05) is 29.3 Å². The second-order valence-electron chi connectivity index (χ2n) is 5.97. The minimum absolute atomic E-state index is 0.0646. The Balaban J connectivity index is 1.76. The maximum absolute atomic E-state index is 12.7. The van der Waals surface area contributed by atoms with Crippen molar-refractivity contribution in [2.45, 2.75) is 32.1 Å². The fraction of sp³-hybridized carbons (Fsp3) is 0.444. The van der Waals surface area contributed by atoms with Crippen LogP contribution in [0.25, 0.3) is 0 Å². The first-order chi connectivity index (χ1) is 11.2. The van der Waals surface area contributed by atoms with Gasteiger partial charge in [-0.15, -0.1) is 11.3 Å². The Kier molecular flexibility index (Phi) is 4.96. The van der Waals surface area contributed by atoms with Gasteiger partial charge >= 0.3 is 0 Å². The lowest BCUT2D eigenvalue weighted by atomic mass is 9.94. The van der Waals surface area contributed by atoms with Crippen LogP contribution in [0.1, 0.15) is 46.2 Å². The fourth-order valence-corrected chi connectivity index (χ4v) is 3.69. The largest absolute Gasteiger partial charge is 0.497 e. The number of aryl methyl sites for hydroxylation is 1. The number of methoxy groups -OCH3 is 1. The maximum atomic E-state index is 12.7. The maximum Gasteiger partial charge on any atom is 0.273 e. The van der Waals surface area contributed by atoms with Gasteiger partial charge in [0.05, 0.1) is 12.1 Å². The van der Waals surface area contributed by atoms with E-state index in [9.17, 15) is 4.79 Å². The number of carbonyl (C=O) groups is 1. The molecule has 1 atom stereocenters. The van der Waals surface area contributed by atoms with Crippen LogP contribution >= 0.6 is 11.3 Å². The first-order valence-corrected chi connectivity index (χ1v) is 8.90. The Morgan fingerprint density at radius 3 is 2.74 bits per heavy atom. The Morgan fingerprint density at radius 1 is 1.30 bits per heavy atom. The van der Waals surface area contributed by atoms with Crippen LogP contribution < -0.4 is 4.74 Å². The summed E-state index contributed by atoms with van der Waals surface area (Å²) in [6.45, 7) is 3.52. The van der Waals surface area contributed by atoms with Crippen LogP contribution in [0.3, 0.4) is 0 Å². The van der Waals surface area contributed by atoms with Gasteiger partial charge in [-0.25, -0.2) is 4.98 Å². The Morgan fingerprint density at radius 2 is 2.09 bits per heavy atom. The third-order valence-corrected chi connectivity index (χ3v) is 5.16. The molecule has 3 rings (SSSR count). The highest BCUT2D eigenvalue weighted by Crippen LogP contribution is 2.28. The summed E-state index contributed by atoms with van der Waals surface area (Å²) in [5, 5.41) is 2.81. The summed E-state index contributed by atoms with van der Waals surface area (Å²) in [4.78, 5) is 19.0. The average Bonchev–Trinajstić information content (AvgIpc) is 2.87. The van der Waals surface area contributed by atoms with Crippen LogP contribution in [0, 0.1) is 6.92 Å². The van der Waals surface area contributed by atoms with Crippen molar-refractivity contribution < 1.29 is 9.53 Å². The van der Waals surface area contributed by atoms with E-state index in [0.717, 1.165) is 43.1 Å². The van der Waals surface area contributed by atoms with E-state index in [1.54, 1.807) is 7.11 Å². The zero-order valence-electron chi connectivity index (χ0n) is 13.6. The predicted octanol–water partition coefficient (Wildman–Crippen LogP) is 3.87. The number of thiazole rings is 1. The van der Waals surface area contributed by atoms with E-state index in [1.165, 1.54) is 16.9 Å². The third-order valence-electron chi connectivity index (χ3n) is 4.38. The van der Waals surface area contributed by atoms with Gasteiger partial charge in [-0.3, -0.25) is 4.79 Å². The minimum atomic E-state index is 0.0646. The zero-order valence-corrected chi connectivity index (χ0v) is 14.4. The van der Waals surface area contributed by atoms with Gasteiger partial charge in [0.15, 0.2) is 0 Å². The standard InChI is InChI=1S/C18H22N2O2S/c1-13-19-17(12-23-13)18(21)20-10-4-3-5-15(11-20)14-6-8-16(22-2)9-7-14/h6-9,12,15H,3-5,10-11H2,1-2H3/t15-/m1/s1. The highest BCUT2D eigenvalue weighted by molar-refractivity contribution is 7.09. The minimum Gasteiger partial charge on any atom is -0.497 e. The van der Waals surface area contributed by atoms with Crippen molar-refractivity contribution in [2.24, 2.45) is 0 Å².